The molecule has 0 aliphatic carbocycles. The molecule has 0 atom stereocenters. The van der Waals surface area contributed by atoms with Gasteiger partial charge in [-0.1, -0.05) is 47.5 Å². The average molecular weight is 302 g/mol. The summed E-state index contributed by atoms with van der Waals surface area (Å²) in [6, 6.07) is 15.2. The van der Waals surface area contributed by atoms with Gasteiger partial charge in [-0.3, -0.25) is 0 Å². The van der Waals surface area contributed by atoms with Crippen LogP contribution in [-0.4, -0.2) is 4.57 Å². The number of nitrogens with zero attached hydrogens (tertiary/aromatic N) is 1. The molecule has 3 rings (SSSR count). The van der Waals surface area contributed by atoms with Crippen LogP contribution in [0.2, 0.25) is 0 Å². The molecule has 92 valence electrons. The number of fused-ring (bicyclic) bond motifs is 3. The first-order chi connectivity index (χ1) is 8.81. The minimum Gasteiger partial charge on any atom is -0.340 e. The molecule has 0 saturated carbocycles. The maximum atomic E-state index is 3.57. The highest BCUT2D eigenvalue weighted by Crippen LogP contribution is 2.31. The van der Waals surface area contributed by atoms with Crippen molar-refractivity contribution in [2.75, 3.05) is 0 Å². The van der Waals surface area contributed by atoms with E-state index in [1.54, 1.807) is 0 Å². The minimum atomic E-state index is 1.10. The molecule has 0 unspecified atom stereocenters. The van der Waals surface area contributed by atoms with Crippen molar-refractivity contribution in [1.29, 1.82) is 0 Å². The highest BCUT2D eigenvalue weighted by atomic mass is 79.9. The van der Waals surface area contributed by atoms with E-state index in [-0.39, 0.29) is 0 Å². The zero-order valence-electron chi connectivity index (χ0n) is 10.5. The summed E-state index contributed by atoms with van der Waals surface area (Å²) >= 11 is 3.57. The fraction of sp³-hybridized carbons (Fsp3) is 0.250. The lowest BCUT2D eigenvalue weighted by atomic mass is 10.2. The van der Waals surface area contributed by atoms with Gasteiger partial charge in [-0.05, 0) is 30.7 Å². The Balaban J connectivity index is 2.34. The van der Waals surface area contributed by atoms with Crippen molar-refractivity contribution in [3.63, 3.8) is 0 Å². The Bertz CT molecular complexity index is 697. The maximum Gasteiger partial charge on any atom is 0.0492 e. The van der Waals surface area contributed by atoms with Crippen LogP contribution in [0, 0.1) is 0 Å². The van der Waals surface area contributed by atoms with Crippen molar-refractivity contribution in [2.24, 2.45) is 0 Å². The van der Waals surface area contributed by atoms with E-state index in [1.807, 2.05) is 0 Å². The lowest BCUT2D eigenvalue weighted by Crippen LogP contribution is -1.96. The Morgan fingerprint density at radius 3 is 2.61 bits per heavy atom. The molecule has 0 spiro atoms. The Kier molecular flexibility index (Phi) is 3.13. The number of aryl methyl sites for hydroxylation is 1. The number of halogens is 1. The predicted molar refractivity (Wildman–Crippen MR) is 82.1 cm³/mol. The van der Waals surface area contributed by atoms with Crippen LogP contribution < -0.4 is 0 Å². The molecule has 0 aliphatic heterocycles. The fourth-order valence-corrected chi connectivity index (χ4v) is 2.94. The Hall–Kier alpha value is -1.28. The molecule has 0 bridgehead atoms. The molecule has 2 aromatic carbocycles. The van der Waals surface area contributed by atoms with Gasteiger partial charge in [0.15, 0.2) is 0 Å². The highest BCUT2D eigenvalue weighted by Gasteiger charge is 2.09. The van der Waals surface area contributed by atoms with Gasteiger partial charge >= 0.3 is 0 Å². The number of unbranched alkanes of at least 4 members (excludes halogenated alkanes) is 1. The van der Waals surface area contributed by atoms with Gasteiger partial charge in [0.25, 0.3) is 0 Å². The second kappa shape index (κ2) is 4.77. The normalized spacial score (nSPS) is 11.4. The average Bonchev–Trinajstić information content (AvgIpc) is 2.70. The summed E-state index contributed by atoms with van der Waals surface area (Å²) < 4.78 is 3.59. The minimum absolute atomic E-state index is 1.10. The first-order valence-corrected chi connectivity index (χ1v) is 7.27. The van der Waals surface area contributed by atoms with Crippen LogP contribution in [0.25, 0.3) is 21.8 Å². The number of para-hydroxylation sites is 1. The van der Waals surface area contributed by atoms with Crippen LogP contribution in [-0.2, 0) is 6.54 Å². The zero-order chi connectivity index (χ0) is 12.5. The Morgan fingerprint density at radius 1 is 1.00 bits per heavy atom. The number of hydrogen-bond acceptors (Lipinski definition) is 0. The third kappa shape index (κ3) is 1.85. The molecule has 0 radical (unpaired) electrons. The molecule has 18 heavy (non-hydrogen) atoms. The summed E-state index contributed by atoms with van der Waals surface area (Å²) in [5.74, 6) is 0. The van der Waals surface area contributed by atoms with Crippen LogP contribution in [0.5, 0.6) is 0 Å². The highest BCUT2D eigenvalue weighted by molar-refractivity contribution is 9.10. The van der Waals surface area contributed by atoms with Crippen LogP contribution >= 0.6 is 15.9 Å². The van der Waals surface area contributed by atoms with Gasteiger partial charge in [0.1, 0.15) is 0 Å². The number of rotatable bonds is 3. The third-order valence-corrected chi connectivity index (χ3v) is 3.96. The van der Waals surface area contributed by atoms with Crippen LogP contribution in [0.4, 0.5) is 0 Å². The lowest BCUT2D eigenvalue weighted by Gasteiger charge is -2.06. The first kappa shape index (κ1) is 11.8. The van der Waals surface area contributed by atoms with E-state index in [9.17, 15) is 0 Å². The SMILES string of the molecule is CCCCn1c2ccccc2c2cc(Br)ccc21. The first-order valence-electron chi connectivity index (χ1n) is 6.47. The second-order valence-corrected chi connectivity index (χ2v) is 5.60. The summed E-state index contributed by atoms with van der Waals surface area (Å²) in [6.07, 6.45) is 2.45. The topological polar surface area (TPSA) is 4.93 Å². The molecule has 0 saturated heterocycles. The predicted octanol–water partition coefficient (Wildman–Crippen LogP) is 5.36. The van der Waals surface area contributed by atoms with Crippen LogP contribution in [0.1, 0.15) is 19.8 Å². The fourth-order valence-electron chi connectivity index (χ4n) is 2.58. The molecule has 3 aromatic rings. The van der Waals surface area contributed by atoms with Gasteiger partial charge in [0, 0.05) is 32.8 Å². The van der Waals surface area contributed by atoms with Gasteiger partial charge < -0.3 is 4.57 Å². The number of aromatic nitrogens is 1. The monoisotopic (exact) mass is 301 g/mol. The quantitative estimate of drug-likeness (QED) is 0.614. The van der Waals surface area contributed by atoms with E-state index in [0.29, 0.717) is 0 Å². The second-order valence-electron chi connectivity index (χ2n) is 4.68. The van der Waals surface area contributed by atoms with E-state index in [2.05, 4.69) is 69.9 Å². The molecule has 1 heterocycles. The smallest absolute Gasteiger partial charge is 0.0492 e. The summed E-state index contributed by atoms with van der Waals surface area (Å²) in [5.41, 5.74) is 2.69. The third-order valence-electron chi connectivity index (χ3n) is 3.47. The van der Waals surface area contributed by atoms with E-state index < -0.39 is 0 Å². The molecule has 1 nitrogen and oxygen atoms in total. The Labute approximate surface area is 116 Å². The van der Waals surface area contributed by atoms with Gasteiger partial charge in [-0.25, -0.2) is 0 Å². The number of hydrogen-bond donors (Lipinski definition) is 0. The lowest BCUT2D eigenvalue weighted by molar-refractivity contribution is 0.665. The molecular formula is C16H16BrN. The van der Waals surface area contributed by atoms with E-state index >= 15 is 0 Å². The standard InChI is InChI=1S/C16H16BrN/c1-2-3-10-18-15-7-5-4-6-13(15)14-11-12(17)8-9-16(14)18/h4-9,11H,2-3,10H2,1H3. The van der Waals surface area contributed by atoms with E-state index in [4.69, 9.17) is 0 Å². The van der Waals surface area contributed by atoms with Crippen molar-refractivity contribution >= 4 is 37.7 Å². The van der Waals surface area contributed by atoms with E-state index in [1.165, 1.54) is 34.6 Å². The van der Waals surface area contributed by atoms with Crippen LogP contribution in [0.15, 0.2) is 46.9 Å². The van der Waals surface area contributed by atoms with Gasteiger partial charge in [-0.2, -0.15) is 0 Å². The largest absolute Gasteiger partial charge is 0.340 e. The van der Waals surface area contributed by atoms with Crippen molar-refractivity contribution in [3.05, 3.63) is 46.9 Å². The molecule has 0 fully saturated rings. The molecule has 2 heteroatoms. The zero-order valence-corrected chi connectivity index (χ0v) is 12.1. The molecule has 0 aliphatic rings. The molecular weight excluding hydrogens is 286 g/mol. The van der Waals surface area contributed by atoms with E-state index in [0.717, 1.165) is 11.0 Å². The molecule has 0 amide bonds. The van der Waals surface area contributed by atoms with Gasteiger partial charge in [0.2, 0.25) is 0 Å². The summed E-state index contributed by atoms with van der Waals surface area (Å²) in [4.78, 5) is 0. The van der Waals surface area contributed by atoms with Crippen molar-refractivity contribution in [1.82, 2.24) is 4.57 Å². The van der Waals surface area contributed by atoms with Crippen LogP contribution in [0.3, 0.4) is 0 Å². The summed E-state index contributed by atoms with van der Waals surface area (Å²) in [7, 11) is 0. The van der Waals surface area contributed by atoms with Crippen molar-refractivity contribution < 1.29 is 0 Å². The number of benzene rings is 2. The van der Waals surface area contributed by atoms with Crippen molar-refractivity contribution in [3.8, 4) is 0 Å². The van der Waals surface area contributed by atoms with Crippen molar-refractivity contribution in [2.45, 2.75) is 26.3 Å². The van der Waals surface area contributed by atoms with Gasteiger partial charge in [0.05, 0.1) is 0 Å². The van der Waals surface area contributed by atoms with Gasteiger partial charge in [-0.15, -0.1) is 0 Å². The summed E-state index contributed by atoms with van der Waals surface area (Å²) in [5, 5.41) is 2.70. The molecule has 0 N–H and O–H groups in total. The molecule has 1 aromatic heterocycles. The summed E-state index contributed by atoms with van der Waals surface area (Å²) in [6.45, 7) is 3.34. The Morgan fingerprint density at radius 2 is 1.78 bits per heavy atom. The maximum absolute atomic E-state index is 3.57.